The second-order valence-electron chi connectivity index (χ2n) is 3.29. The van der Waals surface area contributed by atoms with Gasteiger partial charge in [-0.1, -0.05) is 6.08 Å². The molecule has 0 fully saturated rings. The molecule has 0 unspecified atom stereocenters. The van der Waals surface area contributed by atoms with E-state index in [2.05, 4.69) is 27.8 Å². The molecule has 0 radical (unpaired) electrons. The van der Waals surface area contributed by atoms with Gasteiger partial charge in [0.25, 0.3) is 5.91 Å². The summed E-state index contributed by atoms with van der Waals surface area (Å²) in [5.41, 5.74) is 0. The fourth-order valence-electron chi connectivity index (χ4n) is 1.10. The first-order chi connectivity index (χ1) is 8.13. The minimum atomic E-state index is -0.361. The summed E-state index contributed by atoms with van der Waals surface area (Å²) in [6.45, 7) is 3.99. The molecule has 0 saturated carbocycles. The molecule has 3 nitrogen and oxygen atoms in total. The van der Waals surface area contributed by atoms with Crippen LogP contribution in [0, 0.1) is 5.82 Å². The number of carbonyl (C=O) groups excluding carboxylic acids is 1. The molecule has 1 N–H and O–H groups in total. The number of benzene rings is 1. The molecule has 17 heavy (non-hydrogen) atoms. The van der Waals surface area contributed by atoms with E-state index >= 15 is 0 Å². The van der Waals surface area contributed by atoms with Gasteiger partial charge in [0.2, 0.25) is 0 Å². The third-order valence-electron chi connectivity index (χ3n) is 1.92. The third-order valence-corrected chi connectivity index (χ3v) is 2.54. The first-order valence-corrected chi connectivity index (χ1v) is 5.88. The number of ether oxygens (including phenoxy) is 1. The molecular formula is C12H13BrFNO2. The molecular weight excluding hydrogens is 289 g/mol. The van der Waals surface area contributed by atoms with Crippen molar-refractivity contribution in [2.75, 3.05) is 13.2 Å². The van der Waals surface area contributed by atoms with Gasteiger partial charge in [0.1, 0.15) is 11.6 Å². The van der Waals surface area contributed by atoms with E-state index in [1.54, 1.807) is 6.08 Å². The fraction of sp³-hybridized carbons (Fsp3) is 0.250. The fourth-order valence-corrected chi connectivity index (χ4v) is 1.57. The summed E-state index contributed by atoms with van der Waals surface area (Å²) in [5.74, 6) is -0.145. The van der Waals surface area contributed by atoms with Gasteiger partial charge in [-0.3, -0.25) is 4.79 Å². The van der Waals surface area contributed by atoms with E-state index in [0.717, 1.165) is 0 Å². The average molecular weight is 302 g/mol. The van der Waals surface area contributed by atoms with Gasteiger partial charge in [0.15, 0.2) is 6.61 Å². The smallest absolute Gasteiger partial charge is 0.257 e. The number of carbonyl (C=O) groups is 1. The van der Waals surface area contributed by atoms with Gasteiger partial charge in [-0.25, -0.2) is 4.39 Å². The Labute approximate surface area is 108 Å². The molecule has 0 bridgehead atoms. The molecule has 5 heteroatoms. The first-order valence-electron chi connectivity index (χ1n) is 5.09. The van der Waals surface area contributed by atoms with Crippen molar-refractivity contribution in [2.45, 2.75) is 6.42 Å². The van der Waals surface area contributed by atoms with E-state index in [-0.39, 0.29) is 18.3 Å². The lowest BCUT2D eigenvalue weighted by atomic mass is 10.3. The Balaban J connectivity index is 2.39. The van der Waals surface area contributed by atoms with E-state index < -0.39 is 0 Å². The average Bonchev–Trinajstić information content (AvgIpc) is 2.28. The van der Waals surface area contributed by atoms with Gasteiger partial charge in [-0.15, -0.1) is 6.58 Å². The predicted octanol–water partition coefficient (Wildman–Crippen LogP) is 2.66. The highest BCUT2D eigenvalue weighted by Gasteiger charge is 2.05. The van der Waals surface area contributed by atoms with Gasteiger partial charge in [0.05, 0.1) is 4.47 Å². The summed E-state index contributed by atoms with van der Waals surface area (Å²) in [7, 11) is 0. The van der Waals surface area contributed by atoms with Gasteiger partial charge in [-0.2, -0.15) is 0 Å². The van der Waals surface area contributed by atoms with Crippen molar-refractivity contribution in [3.63, 3.8) is 0 Å². The summed E-state index contributed by atoms with van der Waals surface area (Å²) in [6.07, 6.45) is 2.43. The van der Waals surface area contributed by atoms with Crippen LogP contribution in [0.5, 0.6) is 5.75 Å². The molecule has 1 aromatic rings. The van der Waals surface area contributed by atoms with Crippen molar-refractivity contribution in [3.8, 4) is 5.75 Å². The zero-order chi connectivity index (χ0) is 12.7. The van der Waals surface area contributed by atoms with E-state index in [9.17, 15) is 9.18 Å². The minimum absolute atomic E-state index is 0.0959. The summed E-state index contributed by atoms with van der Waals surface area (Å²) < 4.78 is 18.5. The predicted molar refractivity (Wildman–Crippen MR) is 67.4 cm³/mol. The lowest BCUT2D eigenvalue weighted by Gasteiger charge is -2.08. The summed E-state index contributed by atoms with van der Waals surface area (Å²) in [4.78, 5) is 11.3. The number of hydrogen-bond donors (Lipinski definition) is 1. The molecule has 0 heterocycles. The second-order valence-corrected chi connectivity index (χ2v) is 4.15. The molecule has 1 amide bonds. The zero-order valence-electron chi connectivity index (χ0n) is 9.21. The lowest BCUT2D eigenvalue weighted by molar-refractivity contribution is -0.123. The largest absolute Gasteiger partial charge is 0.483 e. The summed E-state index contributed by atoms with van der Waals surface area (Å²) >= 11 is 3.15. The molecule has 0 atom stereocenters. The molecule has 0 saturated heterocycles. The number of rotatable bonds is 6. The van der Waals surface area contributed by atoms with Gasteiger partial charge < -0.3 is 10.1 Å². The Morgan fingerprint density at radius 3 is 3.00 bits per heavy atom. The van der Waals surface area contributed by atoms with Crippen LogP contribution in [0.1, 0.15) is 6.42 Å². The first kappa shape index (κ1) is 13.7. The van der Waals surface area contributed by atoms with Crippen LogP contribution in [0.4, 0.5) is 4.39 Å². The Morgan fingerprint density at radius 1 is 1.59 bits per heavy atom. The van der Waals surface area contributed by atoms with Crippen LogP contribution in [0.25, 0.3) is 0 Å². The second kappa shape index (κ2) is 7.06. The normalized spacial score (nSPS) is 9.76. The van der Waals surface area contributed by atoms with E-state index in [4.69, 9.17) is 4.74 Å². The van der Waals surface area contributed by atoms with Gasteiger partial charge >= 0.3 is 0 Å². The molecule has 0 spiro atoms. The highest BCUT2D eigenvalue weighted by molar-refractivity contribution is 9.10. The maximum atomic E-state index is 12.8. The Bertz CT molecular complexity index is 409. The third kappa shape index (κ3) is 4.99. The Hall–Kier alpha value is -1.36. The van der Waals surface area contributed by atoms with Gasteiger partial charge in [0, 0.05) is 6.54 Å². The van der Waals surface area contributed by atoms with Gasteiger partial charge in [-0.05, 0) is 40.5 Å². The maximum absolute atomic E-state index is 12.8. The molecule has 0 aliphatic heterocycles. The molecule has 92 valence electrons. The van der Waals surface area contributed by atoms with Crippen LogP contribution in [0.2, 0.25) is 0 Å². The monoisotopic (exact) mass is 301 g/mol. The molecule has 0 aliphatic carbocycles. The molecule has 0 aliphatic rings. The van der Waals surface area contributed by atoms with E-state index in [1.807, 2.05) is 0 Å². The number of halogens is 2. The quantitative estimate of drug-likeness (QED) is 0.648. The lowest BCUT2D eigenvalue weighted by Crippen LogP contribution is -2.29. The topological polar surface area (TPSA) is 38.3 Å². The van der Waals surface area contributed by atoms with Crippen LogP contribution < -0.4 is 10.1 Å². The van der Waals surface area contributed by atoms with Crippen molar-refractivity contribution in [1.29, 1.82) is 0 Å². The van der Waals surface area contributed by atoms with E-state index in [0.29, 0.717) is 23.2 Å². The van der Waals surface area contributed by atoms with Crippen LogP contribution in [-0.2, 0) is 4.79 Å². The highest BCUT2D eigenvalue weighted by Crippen LogP contribution is 2.25. The zero-order valence-corrected chi connectivity index (χ0v) is 10.8. The number of nitrogens with one attached hydrogen (secondary N) is 1. The van der Waals surface area contributed by atoms with Crippen LogP contribution in [0.3, 0.4) is 0 Å². The number of amides is 1. The van der Waals surface area contributed by atoms with Crippen molar-refractivity contribution in [3.05, 3.63) is 41.1 Å². The maximum Gasteiger partial charge on any atom is 0.257 e. The Morgan fingerprint density at radius 2 is 2.35 bits per heavy atom. The standard InChI is InChI=1S/C12H13BrFNO2/c1-2-3-6-15-12(16)8-17-11-5-4-9(14)7-10(11)13/h2,4-5,7H,1,3,6,8H2,(H,15,16). The van der Waals surface area contributed by atoms with Crippen molar-refractivity contribution < 1.29 is 13.9 Å². The Kier molecular flexibility index (Phi) is 5.69. The summed E-state index contributed by atoms with van der Waals surface area (Å²) in [6, 6.07) is 4.02. The van der Waals surface area contributed by atoms with Crippen LogP contribution in [0.15, 0.2) is 35.3 Å². The minimum Gasteiger partial charge on any atom is -0.483 e. The van der Waals surface area contributed by atoms with Crippen LogP contribution >= 0.6 is 15.9 Å². The molecule has 1 rings (SSSR count). The van der Waals surface area contributed by atoms with Crippen LogP contribution in [-0.4, -0.2) is 19.1 Å². The SMILES string of the molecule is C=CCCNC(=O)COc1ccc(F)cc1Br. The highest BCUT2D eigenvalue weighted by atomic mass is 79.9. The van der Waals surface area contributed by atoms with Crippen molar-refractivity contribution >= 4 is 21.8 Å². The summed E-state index contributed by atoms with van der Waals surface area (Å²) in [5, 5.41) is 2.66. The van der Waals surface area contributed by atoms with Crippen molar-refractivity contribution in [1.82, 2.24) is 5.32 Å². The molecule has 0 aromatic heterocycles. The van der Waals surface area contributed by atoms with E-state index in [1.165, 1.54) is 18.2 Å². The number of hydrogen-bond acceptors (Lipinski definition) is 2. The van der Waals surface area contributed by atoms with Crippen molar-refractivity contribution in [2.24, 2.45) is 0 Å². The molecule has 1 aromatic carbocycles.